The van der Waals surface area contributed by atoms with Gasteiger partial charge in [-0.25, -0.2) is 0 Å². The molecule has 0 bridgehead atoms. The number of anilines is 1. The Labute approximate surface area is 98.8 Å². The molecule has 0 saturated carbocycles. The van der Waals surface area contributed by atoms with Crippen molar-refractivity contribution in [3.05, 3.63) is 29.8 Å². The van der Waals surface area contributed by atoms with Crippen LogP contribution in [0.15, 0.2) is 24.3 Å². The predicted octanol–water partition coefficient (Wildman–Crippen LogP) is 1.07. The van der Waals surface area contributed by atoms with Crippen LogP contribution in [0.4, 0.5) is 5.69 Å². The lowest BCUT2D eigenvalue weighted by atomic mass is 10.2. The van der Waals surface area contributed by atoms with Crippen LogP contribution in [0.2, 0.25) is 0 Å². The number of hydrogen-bond donors (Lipinski definition) is 1. The van der Waals surface area contributed by atoms with E-state index in [1.165, 1.54) is 0 Å². The summed E-state index contributed by atoms with van der Waals surface area (Å²) in [5, 5.41) is 2.40. The average Bonchev–Trinajstić information content (AvgIpc) is 2.31. The maximum atomic E-state index is 11.4. The molecule has 0 saturated heterocycles. The summed E-state index contributed by atoms with van der Waals surface area (Å²) in [5.74, 6) is -2.37. The van der Waals surface area contributed by atoms with Crippen molar-refractivity contribution in [1.29, 1.82) is 0 Å². The average molecular weight is 235 g/mol. The predicted molar refractivity (Wildman–Crippen MR) is 61.4 cm³/mol. The molecule has 0 heterocycles. The Balaban J connectivity index is 2.57. The second-order valence-corrected chi connectivity index (χ2v) is 3.50. The number of carbonyl (C=O) groups is 3. The third-order valence-electron chi connectivity index (χ3n) is 2.10. The topological polar surface area (TPSA) is 72.5 Å². The van der Waals surface area contributed by atoms with E-state index in [-0.39, 0.29) is 0 Å². The zero-order valence-electron chi connectivity index (χ0n) is 9.65. The Morgan fingerprint density at radius 1 is 1.18 bits per heavy atom. The van der Waals surface area contributed by atoms with Gasteiger partial charge in [0.15, 0.2) is 0 Å². The number of aryl methyl sites for hydroxylation is 1. The Bertz CT molecular complexity index is 436. The Kier molecular flexibility index (Phi) is 4.39. The van der Waals surface area contributed by atoms with Crippen molar-refractivity contribution < 1.29 is 19.1 Å². The fraction of sp³-hybridized carbons (Fsp3) is 0.250. The smallest absolute Gasteiger partial charge is 0.313 e. The molecular formula is C12H13NO4. The Morgan fingerprint density at radius 2 is 1.76 bits per heavy atom. The summed E-state index contributed by atoms with van der Waals surface area (Å²) in [4.78, 5) is 33.5. The molecule has 0 fully saturated rings. The van der Waals surface area contributed by atoms with Crippen molar-refractivity contribution in [3.8, 4) is 0 Å². The monoisotopic (exact) mass is 235 g/mol. The standard InChI is InChI=1S/C12H13NO4/c1-8-3-5-9(6-4-8)13-12(16)10(14)7-11(15)17-2/h3-6H,7H2,1-2H3,(H,13,16). The number of esters is 1. The third kappa shape index (κ3) is 4.06. The molecule has 1 N–H and O–H groups in total. The second kappa shape index (κ2) is 5.79. The van der Waals surface area contributed by atoms with Gasteiger partial charge in [0.2, 0.25) is 5.78 Å². The molecule has 90 valence electrons. The highest BCUT2D eigenvalue weighted by Crippen LogP contribution is 2.08. The fourth-order valence-corrected chi connectivity index (χ4v) is 1.12. The van der Waals surface area contributed by atoms with E-state index >= 15 is 0 Å². The normalized spacial score (nSPS) is 9.53. The number of amides is 1. The molecule has 5 nitrogen and oxygen atoms in total. The van der Waals surface area contributed by atoms with Crippen molar-refractivity contribution in [3.63, 3.8) is 0 Å². The van der Waals surface area contributed by atoms with Gasteiger partial charge in [0.25, 0.3) is 5.91 Å². The third-order valence-corrected chi connectivity index (χ3v) is 2.10. The summed E-state index contributed by atoms with van der Waals surface area (Å²) in [6.45, 7) is 1.91. The van der Waals surface area contributed by atoms with Crippen LogP contribution in [0.5, 0.6) is 0 Å². The van der Waals surface area contributed by atoms with Crippen LogP contribution in [0.25, 0.3) is 0 Å². The summed E-state index contributed by atoms with van der Waals surface area (Å²) in [6.07, 6.45) is -0.547. The van der Waals surface area contributed by atoms with E-state index in [0.29, 0.717) is 5.69 Å². The number of nitrogens with one attached hydrogen (secondary N) is 1. The van der Waals surface area contributed by atoms with Crippen LogP contribution in [0.1, 0.15) is 12.0 Å². The number of Topliss-reactive ketones (excluding diaryl/α,β-unsaturated/α-hetero) is 1. The SMILES string of the molecule is COC(=O)CC(=O)C(=O)Nc1ccc(C)cc1. The lowest BCUT2D eigenvalue weighted by Gasteiger charge is -2.04. The lowest BCUT2D eigenvalue weighted by molar-refractivity contribution is -0.146. The molecule has 5 heteroatoms. The molecule has 1 aromatic carbocycles. The molecule has 1 aromatic rings. The minimum atomic E-state index is -0.822. The summed E-state index contributed by atoms with van der Waals surface area (Å²) < 4.78 is 4.30. The van der Waals surface area contributed by atoms with Crippen LogP contribution >= 0.6 is 0 Å². The maximum absolute atomic E-state index is 11.4. The first-order valence-corrected chi connectivity index (χ1v) is 5.00. The Hall–Kier alpha value is -2.17. The highest BCUT2D eigenvalue weighted by atomic mass is 16.5. The molecule has 17 heavy (non-hydrogen) atoms. The number of carbonyl (C=O) groups excluding carboxylic acids is 3. The van der Waals surface area contributed by atoms with Crippen molar-refractivity contribution in [2.24, 2.45) is 0 Å². The minimum Gasteiger partial charge on any atom is -0.469 e. The number of rotatable bonds is 4. The lowest BCUT2D eigenvalue weighted by Crippen LogP contribution is -2.25. The van der Waals surface area contributed by atoms with Gasteiger partial charge >= 0.3 is 5.97 Å². The fourth-order valence-electron chi connectivity index (χ4n) is 1.12. The summed E-state index contributed by atoms with van der Waals surface area (Å²) >= 11 is 0. The number of ketones is 1. The van der Waals surface area contributed by atoms with E-state index in [4.69, 9.17) is 0 Å². The number of methoxy groups -OCH3 is 1. The van der Waals surface area contributed by atoms with Crippen LogP contribution in [-0.2, 0) is 19.1 Å². The van der Waals surface area contributed by atoms with E-state index in [9.17, 15) is 14.4 Å². The van der Waals surface area contributed by atoms with Gasteiger partial charge in [-0.1, -0.05) is 17.7 Å². The van der Waals surface area contributed by atoms with Crippen molar-refractivity contribution >= 4 is 23.3 Å². The molecule has 0 spiro atoms. The first kappa shape index (κ1) is 12.9. The van der Waals surface area contributed by atoms with Crippen LogP contribution in [0, 0.1) is 6.92 Å². The van der Waals surface area contributed by atoms with E-state index < -0.39 is 24.1 Å². The van der Waals surface area contributed by atoms with E-state index in [0.717, 1.165) is 12.7 Å². The number of ether oxygens (including phenoxy) is 1. The first-order valence-electron chi connectivity index (χ1n) is 5.00. The van der Waals surface area contributed by atoms with Crippen LogP contribution < -0.4 is 5.32 Å². The molecule has 0 aliphatic rings. The molecular weight excluding hydrogens is 222 g/mol. The molecule has 0 unspecified atom stereocenters. The molecule has 0 radical (unpaired) electrons. The largest absolute Gasteiger partial charge is 0.469 e. The van der Waals surface area contributed by atoms with E-state index in [1.54, 1.807) is 24.3 Å². The highest BCUT2D eigenvalue weighted by Gasteiger charge is 2.18. The zero-order chi connectivity index (χ0) is 12.8. The molecule has 0 aromatic heterocycles. The zero-order valence-corrected chi connectivity index (χ0v) is 9.65. The van der Waals surface area contributed by atoms with Crippen LogP contribution in [0.3, 0.4) is 0 Å². The van der Waals surface area contributed by atoms with Gasteiger partial charge in [-0.05, 0) is 19.1 Å². The summed E-state index contributed by atoms with van der Waals surface area (Å²) in [7, 11) is 1.16. The number of benzene rings is 1. The van der Waals surface area contributed by atoms with Crippen molar-refractivity contribution in [1.82, 2.24) is 0 Å². The van der Waals surface area contributed by atoms with Gasteiger partial charge < -0.3 is 10.1 Å². The summed E-state index contributed by atoms with van der Waals surface area (Å²) in [5.41, 5.74) is 1.56. The van der Waals surface area contributed by atoms with Crippen LogP contribution in [-0.4, -0.2) is 24.8 Å². The van der Waals surface area contributed by atoms with Crippen molar-refractivity contribution in [2.45, 2.75) is 13.3 Å². The highest BCUT2D eigenvalue weighted by molar-refractivity contribution is 6.43. The van der Waals surface area contributed by atoms with E-state index in [1.807, 2.05) is 6.92 Å². The first-order chi connectivity index (χ1) is 8.02. The van der Waals surface area contributed by atoms with Gasteiger partial charge in [-0.3, -0.25) is 14.4 Å². The summed E-state index contributed by atoms with van der Waals surface area (Å²) in [6, 6.07) is 6.97. The molecule has 1 rings (SSSR count). The number of hydrogen-bond acceptors (Lipinski definition) is 4. The van der Waals surface area contributed by atoms with Gasteiger partial charge in [-0.15, -0.1) is 0 Å². The van der Waals surface area contributed by atoms with Gasteiger partial charge in [0.05, 0.1) is 7.11 Å². The second-order valence-electron chi connectivity index (χ2n) is 3.50. The minimum absolute atomic E-state index is 0.513. The van der Waals surface area contributed by atoms with Gasteiger partial charge in [0, 0.05) is 5.69 Å². The quantitative estimate of drug-likeness (QED) is 0.481. The van der Waals surface area contributed by atoms with Gasteiger partial charge in [-0.2, -0.15) is 0 Å². The Morgan fingerprint density at radius 3 is 2.29 bits per heavy atom. The molecule has 0 aliphatic heterocycles. The van der Waals surface area contributed by atoms with Gasteiger partial charge in [0.1, 0.15) is 6.42 Å². The molecule has 0 aliphatic carbocycles. The van der Waals surface area contributed by atoms with E-state index in [2.05, 4.69) is 10.1 Å². The maximum Gasteiger partial charge on any atom is 0.313 e. The molecule has 0 atom stereocenters. The molecule has 1 amide bonds. The van der Waals surface area contributed by atoms with Crippen molar-refractivity contribution in [2.75, 3.05) is 12.4 Å².